The molecule has 1 aliphatic rings. The number of nitrogens with one attached hydrogen (secondary N) is 2. The molecule has 1 heterocycles. The average Bonchev–Trinajstić information content (AvgIpc) is 2.89. The van der Waals surface area contributed by atoms with Crippen LogP contribution in [0.2, 0.25) is 0 Å². The van der Waals surface area contributed by atoms with Crippen LogP contribution in [0, 0.1) is 0 Å². The fourth-order valence-electron chi connectivity index (χ4n) is 4.05. The highest BCUT2D eigenvalue weighted by atomic mass is 32.1. The van der Waals surface area contributed by atoms with Crippen LogP contribution in [0.5, 0.6) is 5.75 Å². The number of benzene rings is 3. The Balaban J connectivity index is 1.35. The Labute approximate surface area is 217 Å². The number of amides is 2. The summed E-state index contributed by atoms with van der Waals surface area (Å²) >= 11 is 5.42. The molecule has 0 saturated carbocycles. The zero-order valence-corrected chi connectivity index (χ0v) is 21.3. The second-order valence-electron chi connectivity index (χ2n) is 8.76. The maximum atomic E-state index is 12.8. The summed E-state index contributed by atoms with van der Waals surface area (Å²) in [5.41, 5.74) is 2.96. The van der Waals surface area contributed by atoms with E-state index in [0.717, 1.165) is 11.4 Å². The Morgan fingerprint density at radius 3 is 2.14 bits per heavy atom. The van der Waals surface area contributed by atoms with Crippen LogP contribution in [-0.4, -0.2) is 54.1 Å². The van der Waals surface area contributed by atoms with Gasteiger partial charge in [0, 0.05) is 37.3 Å². The van der Waals surface area contributed by atoms with Gasteiger partial charge in [-0.15, -0.1) is 0 Å². The molecule has 2 N–H and O–H groups in total. The summed E-state index contributed by atoms with van der Waals surface area (Å²) in [7, 11) is 0. The smallest absolute Gasteiger partial charge is 0.257 e. The number of para-hydroxylation sites is 2. The van der Waals surface area contributed by atoms with Crippen LogP contribution in [0.15, 0.2) is 78.9 Å². The van der Waals surface area contributed by atoms with E-state index >= 15 is 0 Å². The fraction of sp³-hybridized carbons (Fsp3) is 0.250. The highest BCUT2D eigenvalue weighted by molar-refractivity contribution is 7.80. The highest BCUT2D eigenvalue weighted by Crippen LogP contribution is 2.27. The van der Waals surface area contributed by atoms with Gasteiger partial charge in [0.05, 0.1) is 17.5 Å². The zero-order chi connectivity index (χ0) is 25.5. The van der Waals surface area contributed by atoms with Crippen molar-refractivity contribution in [1.29, 1.82) is 0 Å². The van der Waals surface area contributed by atoms with Gasteiger partial charge in [0.1, 0.15) is 5.75 Å². The van der Waals surface area contributed by atoms with Gasteiger partial charge in [-0.2, -0.15) is 0 Å². The van der Waals surface area contributed by atoms with Crippen molar-refractivity contribution in [3.8, 4) is 5.75 Å². The predicted molar refractivity (Wildman–Crippen MR) is 147 cm³/mol. The lowest BCUT2D eigenvalue weighted by Gasteiger charge is -2.37. The maximum Gasteiger partial charge on any atom is 0.257 e. The van der Waals surface area contributed by atoms with E-state index in [2.05, 4.69) is 15.5 Å². The molecule has 1 fully saturated rings. The van der Waals surface area contributed by atoms with Crippen molar-refractivity contribution in [2.75, 3.05) is 36.4 Å². The van der Waals surface area contributed by atoms with E-state index in [0.29, 0.717) is 43.1 Å². The third kappa shape index (κ3) is 6.40. The molecule has 4 rings (SSSR count). The standard InChI is InChI=1S/C28H30N4O3S/c1-20(2)35-23-14-12-21(13-15-23)26(33)30-28(36)29-24-10-6-7-11-25(24)31-16-18-32(19-17-31)27(34)22-8-4-3-5-9-22/h3-15,20H,16-19H2,1-2H3,(H2,29,30,33,36). The molecule has 0 radical (unpaired) electrons. The molecule has 3 aromatic rings. The molecule has 8 heteroatoms. The summed E-state index contributed by atoms with van der Waals surface area (Å²) in [4.78, 5) is 29.5. The normalized spacial score (nSPS) is 13.3. The van der Waals surface area contributed by atoms with Crippen LogP contribution in [0.4, 0.5) is 11.4 Å². The zero-order valence-electron chi connectivity index (χ0n) is 20.4. The number of thiocarbonyl (C=S) groups is 1. The lowest BCUT2D eigenvalue weighted by molar-refractivity contribution is 0.0746. The van der Waals surface area contributed by atoms with Gasteiger partial charge in [0.25, 0.3) is 11.8 Å². The third-order valence-electron chi connectivity index (χ3n) is 5.80. The molecule has 0 atom stereocenters. The minimum absolute atomic E-state index is 0.0503. The molecule has 0 aromatic heterocycles. The Bertz CT molecular complexity index is 1210. The van der Waals surface area contributed by atoms with Crippen molar-refractivity contribution in [1.82, 2.24) is 10.2 Å². The van der Waals surface area contributed by atoms with Gasteiger partial charge >= 0.3 is 0 Å². The van der Waals surface area contributed by atoms with Crippen LogP contribution in [0.1, 0.15) is 34.6 Å². The number of carbonyl (C=O) groups excluding carboxylic acids is 2. The first-order valence-corrected chi connectivity index (χ1v) is 12.4. The molecule has 7 nitrogen and oxygen atoms in total. The number of rotatable bonds is 6. The van der Waals surface area contributed by atoms with Gasteiger partial charge in [0.2, 0.25) is 0 Å². The molecular formula is C28H30N4O3S. The monoisotopic (exact) mass is 502 g/mol. The summed E-state index contributed by atoms with van der Waals surface area (Å²) in [6, 6.07) is 24.1. The Hall–Kier alpha value is -3.91. The number of anilines is 2. The molecule has 0 bridgehead atoms. The molecule has 2 amide bonds. The van der Waals surface area contributed by atoms with Crippen LogP contribution < -0.4 is 20.3 Å². The van der Waals surface area contributed by atoms with Gasteiger partial charge in [-0.3, -0.25) is 14.9 Å². The van der Waals surface area contributed by atoms with E-state index in [-0.39, 0.29) is 23.0 Å². The van der Waals surface area contributed by atoms with Gasteiger partial charge < -0.3 is 19.9 Å². The van der Waals surface area contributed by atoms with E-state index < -0.39 is 0 Å². The average molecular weight is 503 g/mol. The summed E-state index contributed by atoms with van der Waals surface area (Å²) in [6.45, 7) is 6.54. The van der Waals surface area contributed by atoms with Gasteiger partial charge in [-0.1, -0.05) is 30.3 Å². The number of ether oxygens (including phenoxy) is 1. The number of nitrogens with zero attached hydrogens (tertiary/aromatic N) is 2. The van der Waals surface area contributed by atoms with Crippen LogP contribution >= 0.6 is 12.2 Å². The minimum Gasteiger partial charge on any atom is -0.491 e. The lowest BCUT2D eigenvalue weighted by atomic mass is 10.1. The van der Waals surface area contributed by atoms with E-state index in [9.17, 15) is 9.59 Å². The third-order valence-corrected chi connectivity index (χ3v) is 6.00. The number of hydrogen-bond acceptors (Lipinski definition) is 5. The van der Waals surface area contributed by atoms with Crippen molar-refractivity contribution < 1.29 is 14.3 Å². The molecule has 186 valence electrons. The fourth-order valence-corrected chi connectivity index (χ4v) is 4.26. The Morgan fingerprint density at radius 1 is 0.833 bits per heavy atom. The van der Waals surface area contributed by atoms with E-state index in [4.69, 9.17) is 17.0 Å². The Kier molecular flexibility index (Phi) is 8.17. The summed E-state index contributed by atoms with van der Waals surface area (Å²) in [5.74, 6) is 0.463. The first-order chi connectivity index (χ1) is 17.4. The molecular weight excluding hydrogens is 472 g/mol. The number of piperazine rings is 1. The highest BCUT2D eigenvalue weighted by Gasteiger charge is 2.23. The van der Waals surface area contributed by atoms with Gasteiger partial charge in [-0.25, -0.2) is 0 Å². The maximum absolute atomic E-state index is 12.8. The molecule has 1 aliphatic heterocycles. The molecule has 3 aromatic carbocycles. The largest absolute Gasteiger partial charge is 0.491 e. The molecule has 0 spiro atoms. The predicted octanol–water partition coefficient (Wildman–Crippen LogP) is 4.56. The van der Waals surface area contributed by atoms with Crippen LogP contribution in [-0.2, 0) is 0 Å². The first-order valence-electron chi connectivity index (χ1n) is 12.0. The second-order valence-corrected chi connectivity index (χ2v) is 9.17. The molecule has 0 unspecified atom stereocenters. The number of carbonyl (C=O) groups is 2. The first kappa shape index (κ1) is 25.2. The topological polar surface area (TPSA) is 73.9 Å². The van der Waals surface area contributed by atoms with E-state index in [1.165, 1.54) is 0 Å². The van der Waals surface area contributed by atoms with Crippen molar-refractivity contribution in [2.45, 2.75) is 20.0 Å². The van der Waals surface area contributed by atoms with E-state index in [1.54, 1.807) is 24.3 Å². The summed E-state index contributed by atoms with van der Waals surface area (Å²) < 4.78 is 5.63. The second kappa shape index (κ2) is 11.7. The van der Waals surface area contributed by atoms with Crippen molar-refractivity contribution >= 4 is 40.5 Å². The van der Waals surface area contributed by atoms with Crippen LogP contribution in [0.25, 0.3) is 0 Å². The number of hydrogen-bond donors (Lipinski definition) is 2. The van der Waals surface area contributed by atoms with Crippen molar-refractivity contribution in [3.63, 3.8) is 0 Å². The minimum atomic E-state index is -0.297. The van der Waals surface area contributed by atoms with Crippen molar-refractivity contribution in [3.05, 3.63) is 90.0 Å². The molecule has 0 aliphatic carbocycles. The quantitative estimate of drug-likeness (QED) is 0.482. The summed E-state index contributed by atoms with van der Waals surface area (Å²) in [5, 5.41) is 6.12. The Morgan fingerprint density at radius 2 is 1.47 bits per heavy atom. The van der Waals surface area contributed by atoms with Gasteiger partial charge in [-0.05, 0) is 74.6 Å². The molecule has 1 saturated heterocycles. The van der Waals surface area contributed by atoms with Crippen LogP contribution in [0.3, 0.4) is 0 Å². The summed E-state index contributed by atoms with van der Waals surface area (Å²) in [6.07, 6.45) is 0.0637. The van der Waals surface area contributed by atoms with Gasteiger partial charge in [0.15, 0.2) is 5.11 Å². The van der Waals surface area contributed by atoms with E-state index in [1.807, 2.05) is 73.3 Å². The lowest BCUT2D eigenvalue weighted by Crippen LogP contribution is -2.49. The SMILES string of the molecule is CC(C)Oc1ccc(C(=O)NC(=S)Nc2ccccc2N2CCN(C(=O)c3ccccc3)CC2)cc1. The molecule has 36 heavy (non-hydrogen) atoms. The van der Waals surface area contributed by atoms with Crippen molar-refractivity contribution in [2.24, 2.45) is 0 Å².